The molecule has 6 nitrogen and oxygen atoms in total. The van der Waals surface area contributed by atoms with Crippen LogP contribution in [0.3, 0.4) is 0 Å². The summed E-state index contributed by atoms with van der Waals surface area (Å²) in [6, 6.07) is 7.06. The Labute approximate surface area is 146 Å². The van der Waals surface area contributed by atoms with E-state index in [2.05, 4.69) is 17.4 Å². The van der Waals surface area contributed by atoms with Gasteiger partial charge in [-0.25, -0.2) is 4.39 Å². The minimum absolute atomic E-state index is 0.134. The molecule has 2 amide bonds. The van der Waals surface area contributed by atoms with Crippen molar-refractivity contribution in [2.45, 2.75) is 33.1 Å². The molecule has 0 spiro atoms. The van der Waals surface area contributed by atoms with Gasteiger partial charge in [-0.1, -0.05) is 31.0 Å². The third kappa shape index (κ3) is 5.70. The van der Waals surface area contributed by atoms with Gasteiger partial charge in [0.25, 0.3) is 5.91 Å². The van der Waals surface area contributed by atoms with E-state index in [4.69, 9.17) is 4.52 Å². The number of aryl methyl sites for hydroxylation is 1. The number of carbonyl (C=O) groups excluding carboxylic acids is 2. The van der Waals surface area contributed by atoms with E-state index in [1.165, 1.54) is 29.2 Å². The molecule has 0 aliphatic heterocycles. The Morgan fingerprint density at radius 2 is 2.08 bits per heavy atom. The Kier molecular flexibility index (Phi) is 6.68. The van der Waals surface area contributed by atoms with Crippen LogP contribution < -0.4 is 5.32 Å². The molecule has 1 heterocycles. The summed E-state index contributed by atoms with van der Waals surface area (Å²) in [5.74, 6) is -0.362. The lowest BCUT2D eigenvalue weighted by molar-refractivity contribution is -0.117. The largest absolute Gasteiger partial charge is 0.360 e. The predicted molar refractivity (Wildman–Crippen MR) is 91.7 cm³/mol. The number of nitrogens with one attached hydrogen (secondary N) is 1. The van der Waals surface area contributed by atoms with Crippen molar-refractivity contribution in [1.82, 2.24) is 10.1 Å². The monoisotopic (exact) mass is 347 g/mol. The molecule has 0 saturated heterocycles. The van der Waals surface area contributed by atoms with E-state index in [-0.39, 0.29) is 23.9 Å². The first-order valence-corrected chi connectivity index (χ1v) is 8.27. The molecule has 2 rings (SSSR count). The summed E-state index contributed by atoms with van der Waals surface area (Å²) in [6.07, 6.45) is 2.71. The van der Waals surface area contributed by atoms with Crippen LogP contribution in [0.1, 0.15) is 42.3 Å². The number of benzene rings is 1. The second-order valence-electron chi connectivity index (χ2n) is 5.82. The molecule has 2 aromatic rings. The van der Waals surface area contributed by atoms with E-state index in [0.29, 0.717) is 18.1 Å². The fraction of sp³-hybridized carbons (Fsp3) is 0.389. The van der Waals surface area contributed by atoms with Crippen LogP contribution >= 0.6 is 0 Å². The molecule has 0 aliphatic carbocycles. The zero-order chi connectivity index (χ0) is 18.2. The summed E-state index contributed by atoms with van der Waals surface area (Å²) in [6.45, 7) is 4.06. The van der Waals surface area contributed by atoms with Gasteiger partial charge in [-0.2, -0.15) is 0 Å². The Bertz CT molecular complexity index is 730. The molecular weight excluding hydrogens is 325 g/mol. The van der Waals surface area contributed by atoms with Gasteiger partial charge in [0.2, 0.25) is 5.91 Å². The minimum Gasteiger partial charge on any atom is -0.360 e. The molecule has 7 heteroatoms. The topological polar surface area (TPSA) is 75.4 Å². The average Bonchev–Trinajstić information content (AvgIpc) is 2.98. The molecule has 25 heavy (non-hydrogen) atoms. The summed E-state index contributed by atoms with van der Waals surface area (Å²) in [5, 5.41) is 6.28. The first kappa shape index (κ1) is 18.6. The molecule has 0 unspecified atom stereocenters. The van der Waals surface area contributed by atoms with Crippen LogP contribution in [0.15, 0.2) is 34.9 Å². The first-order valence-electron chi connectivity index (χ1n) is 8.27. The standard InChI is InChI=1S/C18H22FN3O3/c1-3-4-5-9-22(18(24)14-7-6-8-15(19)11-14)12-17(23)20-16-10-13(2)25-21-16/h6-8,10-11H,3-5,9,12H2,1-2H3,(H,20,21,23). The third-order valence-corrected chi connectivity index (χ3v) is 3.62. The second-order valence-corrected chi connectivity index (χ2v) is 5.82. The van der Waals surface area contributed by atoms with Gasteiger partial charge < -0.3 is 14.7 Å². The molecule has 1 aromatic heterocycles. The fourth-order valence-electron chi connectivity index (χ4n) is 2.39. The summed E-state index contributed by atoms with van der Waals surface area (Å²) in [7, 11) is 0. The summed E-state index contributed by atoms with van der Waals surface area (Å²) >= 11 is 0. The molecule has 0 bridgehead atoms. The van der Waals surface area contributed by atoms with Gasteiger partial charge in [-0.15, -0.1) is 0 Å². The lowest BCUT2D eigenvalue weighted by Gasteiger charge is -2.22. The van der Waals surface area contributed by atoms with Crippen LogP contribution in [0.25, 0.3) is 0 Å². The molecule has 0 aliphatic rings. The number of carbonyl (C=O) groups is 2. The minimum atomic E-state index is -0.484. The Balaban J connectivity index is 2.06. The van der Waals surface area contributed by atoms with Crippen LogP contribution in [-0.2, 0) is 4.79 Å². The molecular formula is C18H22FN3O3. The van der Waals surface area contributed by atoms with Gasteiger partial charge in [0.1, 0.15) is 18.1 Å². The molecule has 0 saturated carbocycles. The number of nitrogens with zero attached hydrogens (tertiary/aromatic N) is 2. The number of unbranched alkanes of at least 4 members (excludes halogenated alkanes) is 2. The van der Waals surface area contributed by atoms with Gasteiger partial charge in [-0.05, 0) is 31.5 Å². The van der Waals surface area contributed by atoms with Crippen LogP contribution in [0.2, 0.25) is 0 Å². The van der Waals surface area contributed by atoms with E-state index in [0.717, 1.165) is 19.3 Å². The van der Waals surface area contributed by atoms with Crippen molar-refractivity contribution in [2.24, 2.45) is 0 Å². The quantitative estimate of drug-likeness (QED) is 0.743. The molecule has 1 aromatic carbocycles. The Morgan fingerprint density at radius 1 is 1.28 bits per heavy atom. The Hall–Kier alpha value is -2.70. The fourth-order valence-corrected chi connectivity index (χ4v) is 2.39. The number of aromatic nitrogens is 1. The van der Waals surface area contributed by atoms with Gasteiger partial charge in [-0.3, -0.25) is 9.59 Å². The van der Waals surface area contributed by atoms with E-state index in [1.807, 2.05) is 0 Å². The van der Waals surface area contributed by atoms with Crippen LogP contribution in [0.5, 0.6) is 0 Å². The number of rotatable bonds is 8. The SMILES string of the molecule is CCCCCN(CC(=O)Nc1cc(C)on1)C(=O)c1cccc(F)c1. The summed E-state index contributed by atoms with van der Waals surface area (Å²) in [5.41, 5.74) is 0.224. The van der Waals surface area contributed by atoms with E-state index >= 15 is 0 Å². The molecule has 0 radical (unpaired) electrons. The maximum Gasteiger partial charge on any atom is 0.254 e. The predicted octanol–water partition coefficient (Wildman–Crippen LogP) is 3.39. The van der Waals surface area contributed by atoms with Crippen LogP contribution in [0, 0.1) is 12.7 Å². The second kappa shape index (κ2) is 8.96. The molecule has 134 valence electrons. The number of amides is 2. The van der Waals surface area contributed by atoms with Gasteiger partial charge in [0.05, 0.1) is 0 Å². The van der Waals surface area contributed by atoms with E-state index in [9.17, 15) is 14.0 Å². The molecule has 1 N–H and O–H groups in total. The average molecular weight is 347 g/mol. The van der Waals surface area contributed by atoms with Crippen LogP contribution in [-0.4, -0.2) is 35.0 Å². The van der Waals surface area contributed by atoms with Crippen molar-refractivity contribution in [1.29, 1.82) is 0 Å². The van der Waals surface area contributed by atoms with Crippen molar-refractivity contribution >= 4 is 17.6 Å². The van der Waals surface area contributed by atoms with Crippen LogP contribution in [0.4, 0.5) is 10.2 Å². The highest BCUT2D eigenvalue weighted by atomic mass is 19.1. The van der Waals surface area contributed by atoms with Gasteiger partial charge >= 0.3 is 0 Å². The number of hydrogen-bond acceptors (Lipinski definition) is 4. The smallest absolute Gasteiger partial charge is 0.254 e. The van der Waals surface area contributed by atoms with Gasteiger partial charge in [0.15, 0.2) is 5.82 Å². The molecule has 0 fully saturated rings. The third-order valence-electron chi connectivity index (χ3n) is 3.62. The highest BCUT2D eigenvalue weighted by molar-refractivity contribution is 5.99. The summed E-state index contributed by atoms with van der Waals surface area (Å²) < 4.78 is 18.3. The number of hydrogen-bond donors (Lipinski definition) is 1. The lowest BCUT2D eigenvalue weighted by atomic mass is 10.1. The number of anilines is 1. The highest BCUT2D eigenvalue weighted by Gasteiger charge is 2.19. The lowest BCUT2D eigenvalue weighted by Crippen LogP contribution is -2.38. The van der Waals surface area contributed by atoms with Crippen molar-refractivity contribution in [3.63, 3.8) is 0 Å². The van der Waals surface area contributed by atoms with Crippen molar-refractivity contribution in [3.05, 3.63) is 47.5 Å². The van der Waals surface area contributed by atoms with Crippen molar-refractivity contribution in [2.75, 3.05) is 18.4 Å². The zero-order valence-corrected chi connectivity index (χ0v) is 14.4. The zero-order valence-electron chi connectivity index (χ0n) is 14.4. The highest BCUT2D eigenvalue weighted by Crippen LogP contribution is 2.11. The maximum atomic E-state index is 13.4. The molecule has 0 atom stereocenters. The van der Waals surface area contributed by atoms with E-state index < -0.39 is 5.82 Å². The normalized spacial score (nSPS) is 10.5. The van der Waals surface area contributed by atoms with E-state index in [1.54, 1.807) is 13.0 Å². The van der Waals surface area contributed by atoms with Crippen molar-refractivity contribution in [3.8, 4) is 0 Å². The Morgan fingerprint density at radius 3 is 2.72 bits per heavy atom. The van der Waals surface area contributed by atoms with Gasteiger partial charge in [0, 0.05) is 18.2 Å². The number of halogens is 1. The first-order chi connectivity index (χ1) is 12.0. The summed E-state index contributed by atoms with van der Waals surface area (Å²) in [4.78, 5) is 26.3. The van der Waals surface area contributed by atoms with Crippen molar-refractivity contribution < 1.29 is 18.5 Å². The maximum absolute atomic E-state index is 13.4.